The van der Waals surface area contributed by atoms with Gasteiger partial charge in [-0.15, -0.1) is 0 Å². The van der Waals surface area contributed by atoms with Gasteiger partial charge >= 0.3 is 0 Å². The van der Waals surface area contributed by atoms with Crippen molar-refractivity contribution in [1.29, 1.82) is 0 Å². The third kappa shape index (κ3) is 3.98. The first-order valence-corrected chi connectivity index (χ1v) is 8.59. The molecule has 0 fully saturated rings. The number of aromatic nitrogens is 2. The highest BCUT2D eigenvalue weighted by atomic mass is 16.6. The Hall–Kier alpha value is -3.19. The van der Waals surface area contributed by atoms with Crippen molar-refractivity contribution in [3.63, 3.8) is 0 Å². The highest BCUT2D eigenvalue weighted by molar-refractivity contribution is 5.96. The number of phenols is 1. The van der Waals surface area contributed by atoms with Crippen molar-refractivity contribution in [2.75, 3.05) is 12.4 Å². The van der Waals surface area contributed by atoms with Gasteiger partial charge < -0.3 is 10.4 Å². The van der Waals surface area contributed by atoms with E-state index in [4.69, 9.17) is 0 Å². The second kappa shape index (κ2) is 7.59. The third-order valence-electron chi connectivity index (χ3n) is 4.10. The quantitative estimate of drug-likeness (QED) is 0.599. The number of hydrogen-bond donors (Lipinski definition) is 3. The number of nitrogens with zero attached hydrogens (tertiary/aromatic N) is 2. The van der Waals surface area contributed by atoms with E-state index in [2.05, 4.69) is 25.6 Å². The zero-order chi connectivity index (χ0) is 19.6. The standard InChI is InChI=1S/C20H22N4O3/c1-11(2)22-20-21-10-14-8-16(18(25)9-17(14)23-20)15-7-13(6-5-12(15)3)19(26)24-27-4/h5-11,25H,1-4H3,(H,24,26)(H,21,22,23). The van der Waals surface area contributed by atoms with Crippen LogP contribution in [0.5, 0.6) is 5.75 Å². The first-order chi connectivity index (χ1) is 12.9. The van der Waals surface area contributed by atoms with E-state index in [0.717, 1.165) is 16.5 Å². The van der Waals surface area contributed by atoms with Crippen molar-refractivity contribution >= 4 is 22.8 Å². The molecule has 0 aliphatic rings. The monoisotopic (exact) mass is 366 g/mol. The number of nitrogens with one attached hydrogen (secondary N) is 2. The molecule has 1 aromatic heterocycles. The molecular weight excluding hydrogens is 344 g/mol. The molecule has 0 bridgehead atoms. The number of carbonyl (C=O) groups is 1. The van der Waals surface area contributed by atoms with E-state index in [-0.39, 0.29) is 17.7 Å². The zero-order valence-electron chi connectivity index (χ0n) is 15.7. The fraction of sp³-hybridized carbons (Fsp3) is 0.250. The summed E-state index contributed by atoms with van der Waals surface area (Å²) in [6.07, 6.45) is 1.72. The number of aromatic hydroxyl groups is 1. The second-order valence-corrected chi connectivity index (χ2v) is 6.59. The molecule has 7 heteroatoms. The molecule has 1 amide bonds. The SMILES string of the molecule is CONC(=O)c1ccc(C)c(-c2cc3cnc(NC(C)C)nc3cc2O)c1. The van der Waals surface area contributed by atoms with E-state index >= 15 is 0 Å². The fourth-order valence-corrected chi connectivity index (χ4v) is 2.82. The summed E-state index contributed by atoms with van der Waals surface area (Å²) >= 11 is 0. The van der Waals surface area contributed by atoms with Gasteiger partial charge in [0, 0.05) is 34.8 Å². The molecule has 0 spiro atoms. The first-order valence-electron chi connectivity index (χ1n) is 8.59. The van der Waals surface area contributed by atoms with Gasteiger partial charge in [-0.1, -0.05) is 6.07 Å². The lowest BCUT2D eigenvalue weighted by Gasteiger charge is -2.13. The first kappa shape index (κ1) is 18.6. The van der Waals surface area contributed by atoms with Gasteiger partial charge in [0.1, 0.15) is 5.75 Å². The number of hydroxylamine groups is 1. The largest absolute Gasteiger partial charge is 0.507 e. The van der Waals surface area contributed by atoms with Gasteiger partial charge in [0.25, 0.3) is 5.91 Å². The van der Waals surface area contributed by atoms with Crippen LogP contribution in [0, 0.1) is 6.92 Å². The predicted octanol–water partition coefficient (Wildman–Crippen LogP) is 3.42. The Morgan fingerprint density at radius 3 is 2.67 bits per heavy atom. The molecule has 0 radical (unpaired) electrons. The summed E-state index contributed by atoms with van der Waals surface area (Å²) in [5, 5.41) is 14.5. The van der Waals surface area contributed by atoms with E-state index in [1.165, 1.54) is 7.11 Å². The summed E-state index contributed by atoms with van der Waals surface area (Å²) in [5.41, 5.74) is 5.66. The van der Waals surface area contributed by atoms with Crippen molar-refractivity contribution < 1.29 is 14.7 Å². The summed E-state index contributed by atoms with van der Waals surface area (Å²) in [6.45, 7) is 5.93. The highest BCUT2D eigenvalue weighted by Crippen LogP contribution is 2.35. The molecule has 140 valence electrons. The van der Waals surface area contributed by atoms with Crippen LogP contribution >= 0.6 is 0 Å². The fourth-order valence-electron chi connectivity index (χ4n) is 2.82. The van der Waals surface area contributed by atoms with Crippen molar-refractivity contribution in [1.82, 2.24) is 15.4 Å². The Labute approximate surface area is 157 Å². The average Bonchev–Trinajstić information content (AvgIpc) is 2.61. The Morgan fingerprint density at radius 1 is 1.19 bits per heavy atom. The third-order valence-corrected chi connectivity index (χ3v) is 4.10. The van der Waals surface area contributed by atoms with Crippen molar-refractivity contribution in [3.05, 3.63) is 47.7 Å². The van der Waals surface area contributed by atoms with Crippen molar-refractivity contribution in [2.45, 2.75) is 26.8 Å². The van der Waals surface area contributed by atoms with Crippen LogP contribution in [0.4, 0.5) is 5.95 Å². The lowest BCUT2D eigenvalue weighted by molar-refractivity contribution is 0.0537. The summed E-state index contributed by atoms with van der Waals surface area (Å²) in [7, 11) is 1.38. The number of anilines is 1. The molecule has 0 saturated carbocycles. The van der Waals surface area contributed by atoms with E-state index in [1.807, 2.05) is 32.9 Å². The molecule has 0 unspecified atom stereocenters. The predicted molar refractivity (Wildman–Crippen MR) is 105 cm³/mol. The maximum absolute atomic E-state index is 12.0. The zero-order valence-corrected chi connectivity index (χ0v) is 15.7. The van der Waals surface area contributed by atoms with Gasteiger partial charge in [0.05, 0.1) is 12.6 Å². The molecule has 0 atom stereocenters. The van der Waals surface area contributed by atoms with Crippen LogP contribution in [0.25, 0.3) is 22.0 Å². The highest BCUT2D eigenvalue weighted by Gasteiger charge is 2.14. The summed E-state index contributed by atoms with van der Waals surface area (Å²) in [4.78, 5) is 25.5. The minimum atomic E-state index is -0.355. The molecule has 3 N–H and O–H groups in total. The molecule has 2 aromatic carbocycles. The number of amides is 1. The number of fused-ring (bicyclic) bond motifs is 1. The number of aryl methyl sites for hydroxylation is 1. The van der Waals surface area contributed by atoms with Gasteiger partial charge in [-0.25, -0.2) is 15.4 Å². The van der Waals surface area contributed by atoms with Gasteiger partial charge in [-0.3, -0.25) is 9.63 Å². The van der Waals surface area contributed by atoms with E-state index in [0.29, 0.717) is 22.6 Å². The normalized spacial score (nSPS) is 11.0. The van der Waals surface area contributed by atoms with Crippen molar-refractivity contribution in [3.8, 4) is 16.9 Å². The lowest BCUT2D eigenvalue weighted by Crippen LogP contribution is -2.21. The maximum Gasteiger partial charge on any atom is 0.274 e. The van der Waals surface area contributed by atoms with Crippen LogP contribution in [0.15, 0.2) is 36.5 Å². The lowest BCUT2D eigenvalue weighted by atomic mass is 9.96. The molecule has 1 heterocycles. The van der Waals surface area contributed by atoms with Crippen LogP contribution in [0.1, 0.15) is 29.8 Å². The number of phenolic OH excluding ortho intramolecular Hbond substituents is 1. The van der Waals surface area contributed by atoms with Crippen LogP contribution < -0.4 is 10.8 Å². The average molecular weight is 366 g/mol. The molecule has 27 heavy (non-hydrogen) atoms. The van der Waals surface area contributed by atoms with Crippen molar-refractivity contribution in [2.24, 2.45) is 0 Å². The number of carbonyl (C=O) groups excluding carboxylic acids is 1. The Balaban J connectivity index is 2.07. The van der Waals surface area contributed by atoms with E-state index < -0.39 is 0 Å². The summed E-state index contributed by atoms with van der Waals surface area (Å²) in [5.74, 6) is 0.245. The van der Waals surface area contributed by atoms with Gasteiger partial charge in [0.2, 0.25) is 5.95 Å². The van der Waals surface area contributed by atoms with Crippen LogP contribution in [-0.4, -0.2) is 34.1 Å². The minimum Gasteiger partial charge on any atom is -0.507 e. The Kier molecular flexibility index (Phi) is 5.23. The Morgan fingerprint density at radius 2 is 1.96 bits per heavy atom. The number of rotatable bonds is 5. The van der Waals surface area contributed by atoms with Crippen LogP contribution in [-0.2, 0) is 4.84 Å². The molecule has 3 aromatic rings. The molecule has 7 nitrogen and oxygen atoms in total. The smallest absolute Gasteiger partial charge is 0.274 e. The Bertz CT molecular complexity index is 1000. The van der Waals surface area contributed by atoms with Gasteiger partial charge in [-0.2, -0.15) is 0 Å². The topological polar surface area (TPSA) is 96.4 Å². The molecule has 0 saturated heterocycles. The van der Waals surface area contributed by atoms with Crippen LogP contribution in [0.3, 0.4) is 0 Å². The van der Waals surface area contributed by atoms with Crippen LogP contribution in [0.2, 0.25) is 0 Å². The number of benzene rings is 2. The van der Waals surface area contributed by atoms with Gasteiger partial charge in [0.15, 0.2) is 0 Å². The summed E-state index contributed by atoms with van der Waals surface area (Å²) in [6, 6.07) is 8.90. The maximum atomic E-state index is 12.0. The second-order valence-electron chi connectivity index (χ2n) is 6.59. The minimum absolute atomic E-state index is 0.0871. The van der Waals surface area contributed by atoms with E-state index in [9.17, 15) is 9.90 Å². The van der Waals surface area contributed by atoms with E-state index in [1.54, 1.807) is 24.4 Å². The summed E-state index contributed by atoms with van der Waals surface area (Å²) < 4.78 is 0. The molecule has 0 aliphatic heterocycles. The molecule has 0 aliphatic carbocycles. The van der Waals surface area contributed by atoms with Gasteiger partial charge in [-0.05, 0) is 50.1 Å². The number of hydrogen-bond acceptors (Lipinski definition) is 6. The molecule has 3 rings (SSSR count). The molecular formula is C20H22N4O3.